The molecule has 0 aliphatic rings. The van der Waals surface area contributed by atoms with Gasteiger partial charge in [0.2, 0.25) is 0 Å². The van der Waals surface area contributed by atoms with Crippen LogP contribution in [0.2, 0.25) is 0 Å². The highest BCUT2D eigenvalue weighted by Crippen LogP contribution is 2.05. The monoisotopic (exact) mass is 208 g/mol. The third-order valence-electron chi connectivity index (χ3n) is 1.72. The van der Waals surface area contributed by atoms with Crippen molar-refractivity contribution >= 4 is 10.3 Å². The molecule has 0 bridgehead atoms. The van der Waals surface area contributed by atoms with Gasteiger partial charge in [-0.25, -0.2) is 0 Å². The van der Waals surface area contributed by atoms with Crippen molar-refractivity contribution in [2.45, 2.75) is 45.1 Å². The fraction of sp³-hybridized carbons (Fsp3) is 0.875. The van der Waals surface area contributed by atoms with E-state index >= 15 is 0 Å². The summed E-state index contributed by atoms with van der Waals surface area (Å²) in [5.74, 6) is 0. The van der Waals surface area contributed by atoms with Gasteiger partial charge in [0.05, 0.1) is 0 Å². The van der Waals surface area contributed by atoms with E-state index in [1.807, 2.05) is 4.72 Å². The highest BCUT2D eigenvalue weighted by molar-refractivity contribution is 7.83. The first-order valence-electron chi connectivity index (χ1n) is 4.53. The predicted molar refractivity (Wildman–Crippen MR) is 52.6 cm³/mol. The first-order valence-corrected chi connectivity index (χ1v) is 5.97. The lowest BCUT2D eigenvalue weighted by Gasteiger charge is -2.09. The molecule has 5 heteroatoms. The van der Waals surface area contributed by atoms with Gasteiger partial charge in [-0.2, -0.15) is 13.1 Å². The van der Waals surface area contributed by atoms with Crippen LogP contribution in [0.1, 0.15) is 39.0 Å². The summed E-state index contributed by atoms with van der Waals surface area (Å²) in [5, 5.41) is 0. The van der Waals surface area contributed by atoms with Crippen molar-refractivity contribution in [3.8, 4) is 0 Å². The van der Waals surface area contributed by atoms with Gasteiger partial charge in [0.15, 0.2) is 0 Å². The average Bonchev–Trinajstić information content (AvgIpc) is 1.94. The highest BCUT2D eigenvalue weighted by Gasteiger charge is 2.09. The van der Waals surface area contributed by atoms with E-state index in [4.69, 9.17) is 4.55 Å². The van der Waals surface area contributed by atoms with E-state index in [1.54, 1.807) is 0 Å². The van der Waals surface area contributed by atoms with Gasteiger partial charge in [-0.1, -0.05) is 32.6 Å². The Morgan fingerprint density at radius 1 is 1.38 bits per heavy atom. The van der Waals surface area contributed by atoms with Crippen LogP contribution in [0.25, 0.3) is 0 Å². The molecular formula is C8H18NO3S. The lowest BCUT2D eigenvalue weighted by molar-refractivity contribution is 0.453. The highest BCUT2D eigenvalue weighted by atomic mass is 32.2. The molecule has 4 nitrogen and oxygen atoms in total. The first-order chi connectivity index (χ1) is 5.95. The normalized spacial score (nSPS) is 14.4. The quantitative estimate of drug-likeness (QED) is 0.493. The smallest absolute Gasteiger partial charge is 0.273 e. The third kappa shape index (κ3) is 9.79. The number of hydrogen-bond acceptors (Lipinski definition) is 2. The molecule has 0 fully saturated rings. The van der Waals surface area contributed by atoms with Crippen molar-refractivity contribution in [3.63, 3.8) is 0 Å². The Morgan fingerprint density at radius 2 is 2.00 bits per heavy atom. The van der Waals surface area contributed by atoms with E-state index in [-0.39, 0.29) is 0 Å². The second kappa shape index (κ2) is 6.34. The zero-order valence-electron chi connectivity index (χ0n) is 7.99. The second-order valence-electron chi connectivity index (χ2n) is 3.14. The number of unbranched alkanes of at least 4 members (excludes halogenated alkanes) is 3. The van der Waals surface area contributed by atoms with E-state index in [1.165, 1.54) is 0 Å². The zero-order chi connectivity index (χ0) is 10.3. The van der Waals surface area contributed by atoms with Crippen LogP contribution in [0.4, 0.5) is 0 Å². The molecule has 0 heterocycles. The fourth-order valence-electron chi connectivity index (χ4n) is 1.09. The van der Waals surface area contributed by atoms with Gasteiger partial charge in [0.1, 0.15) is 0 Å². The summed E-state index contributed by atoms with van der Waals surface area (Å²) in [4.78, 5) is 0. The van der Waals surface area contributed by atoms with Gasteiger partial charge in [-0.15, -0.1) is 0 Å². The Bertz CT molecular complexity index is 213. The number of hydrogen-bond donors (Lipinski definition) is 2. The maximum atomic E-state index is 10.3. The molecule has 0 aromatic carbocycles. The van der Waals surface area contributed by atoms with E-state index in [0.29, 0.717) is 6.42 Å². The van der Waals surface area contributed by atoms with E-state index in [2.05, 4.69) is 13.8 Å². The summed E-state index contributed by atoms with van der Waals surface area (Å²) in [6.45, 7) is 5.68. The minimum atomic E-state index is -4.08. The summed E-state index contributed by atoms with van der Waals surface area (Å²) in [5.41, 5.74) is 0. The Labute approximate surface area is 80.6 Å². The maximum Gasteiger partial charge on any atom is 0.333 e. The summed E-state index contributed by atoms with van der Waals surface area (Å²) < 4.78 is 31.1. The molecule has 0 rings (SSSR count). The zero-order valence-corrected chi connectivity index (χ0v) is 8.81. The molecule has 1 radical (unpaired) electrons. The van der Waals surface area contributed by atoms with Crippen LogP contribution in [0, 0.1) is 6.92 Å². The van der Waals surface area contributed by atoms with Crippen molar-refractivity contribution in [2.75, 3.05) is 0 Å². The fourth-order valence-corrected chi connectivity index (χ4v) is 1.63. The molecule has 0 saturated carbocycles. The molecule has 0 amide bonds. The SMILES string of the molecule is [CH2]C(CCCCCC)NS(=O)(=O)O. The number of nitrogens with one attached hydrogen (secondary N) is 1. The summed E-state index contributed by atoms with van der Waals surface area (Å²) in [6.07, 6.45) is 4.98. The Balaban J connectivity index is 3.47. The molecule has 1 unspecified atom stereocenters. The van der Waals surface area contributed by atoms with Crippen LogP contribution in [0.5, 0.6) is 0 Å². The van der Waals surface area contributed by atoms with Crippen molar-refractivity contribution in [2.24, 2.45) is 0 Å². The minimum Gasteiger partial charge on any atom is -0.273 e. The van der Waals surface area contributed by atoms with Crippen LogP contribution in [0.3, 0.4) is 0 Å². The van der Waals surface area contributed by atoms with E-state index in [9.17, 15) is 8.42 Å². The third-order valence-corrected chi connectivity index (χ3v) is 2.35. The molecule has 0 aliphatic heterocycles. The molecule has 0 aromatic rings. The average molecular weight is 208 g/mol. The maximum absolute atomic E-state index is 10.3. The van der Waals surface area contributed by atoms with Gasteiger partial charge in [0.25, 0.3) is 0 Å². The van der Waals surface area contributed by atoms with E-state index < -0.39 is 16.3 Å². The molecule has 79 valence electrons. The minimum absolute atomic E-state index is 0.424. The predicted octanol–water partition coefficient (Wildman–Crippen LogP) is 1.55. The van der Waals surface area contributed by atoms with Crippen LogP contribution < -0.4 is 4.72 Å². The lowest BCUT2D eigenvalue weighted by atomic mass is 10.1. The summed E-state index contributed by atoms with van der Waals surface area (Å²) in [6, 6.07) is -0.424. The molecular weight excluding hydrogens is 190 g/mol. The van der Waals surface area contributed by atoms with Crippen molar-refractivity contribution in [3.05, 3.63) is 6.92 Å². The van der Waals surface area contributed by atoms with Crippen molar-refractivity contribution in [1.29, 1.82) is 0 Å². The van der Waals surface area contributed by atoms with Crippen molar-refractivity contribution in [1.82, 2.24) is 4.72 Å². The number of rotatable bonds is 7. The van der Waals surface area contributed by atoms with Gasteiger partial charge in [-0.05, 0) is 13.3 Å². The van der Waals surface area contributed by atoms with Crippen molar-refractivity contribution < 1.29 is 13.0 Å². The van der Waals surface area contributed by atoms with Gasteiger partial charge in [-0.3, -0.25) is 4.55 Å². The van der Waals surface area contributed by atoms with Crippen LogP contribution in [-0.4, -0.2) is 19.0 Å². The second-order valence-corrected chi connectivity index (χ2v) is 4.33. The Morgan fingerprint density at radius 3 is 2.46 bits per heavy atom. The standard InChI is InChI=1S/C8H18NO3S/c1-3-4-5-6-7-8(2)9-13(10,11)12/h8-9H,2-7H2,1H3,(H,10,11,12). The van der Waals surface area contributed by atoms with Crippen LogP contribution in [0.15, 0.2) is 0 Å². The summed E-state index contributed by atoms with van der Waals surface area (Å²) in [7, 11) is -4.08. The molecule has 0 aromatic heterocycles. The summed E-state index contributed by atoms with van der Waals surface area (Å²) >= 11 is 0. The van der Waals surface area contributed by atoms with Gasteiger partial charge >= 0.3 is 10.3 Å². The lowest BCUT2D eigenvalue weighted by Crippen LogP contribution is -2.31. The molecule has 0 spiro atoms. The Hall–Kier alpha value is -0.130. The molecule has 1 atom stereocenters. The van der Waals surface area contributed by atoms with Gasteiger partial charge in [0, 0.05) is 6.04 Å². The molecule has 0 saturated heterocycles. The molecule has 2 N–H and O–H groups in total. The molecule has 0 aliphatic carbocycles. The Kier molecular flexibility index (Phi) is 6.28. The topological polar surface area (TPSA) is 66.4 Å². The van der Waals surface area contributed by atoms with Gasteiger partial charge < -0.3 is 0 Å². The van der Waals surface area contributed by atoms with Crippen LogP contribution in [-0.2, 0) is 10.3 Å². The first kappa shape index (κ1) is 12.9. The van der Waals surface area contributed by atoms with E-state index in [0.717, 1.165) is 25.7 Å². The molecule has 13 heavy (non-hydrogen) atoms. The largest absolute Gasteiger partial charge is 0.333 e. The van der Waals surface area contributed by atoms with Crippen LogP contribution >= 0.6 is 0 Å².